The molecule has 1 saturated carbocycles. The molecule has 116 valence electrons. The number of hydrogen-bond acceptors (Lipinski definition) is 2. The van der Waals surface area contributed by atoms with Crippen molar-refractivity contribution >= 4 is 11.7 Å². The molecule has 3 heteroatoms. The van der Waals surface area contributed by atoms with Crippen LogP contribution in [-0.4, -0.2) is 17.6 Å². The summed E-state index contributed by atoms with van der Waals surface area (Å²) in [5, 5.41) is 12.2. The second-order valence-corrected chi connectivity index (χ2v) is 6.16. The number of hydrogen-bond donors (Lipinski definition) is 2. The van der Waals surface area contributed by atoms with E-state index >= 15 is 0 Å². The molecule has 2 N–H and O–H groups in total. The standard InChI is InChI=1S/C18H27NO2/c20-18(21)16-10-12-17(13-11-16)19-14-6-5-9-15-7-3-1-2-4-8-15/h10-13,15,19H,1-9,14H2,(H,20,21). The average molecular weight is 289 g/mol. The second-order valence-electron chi connectivity index (χ2n) is 6.16. The minimum absolute atomic E-state index is 0.342. The second kappa shape index (κ2) is 8.71. The molecule has 0 atom stereocenters. The highest BCUT2D eigenvalue weighted by Crippen LogP contribution is 2.26. The molecule has 1 aliphatic rings. The molecular formula is C18H27NO2. The minimum Gasteiger partial charge on any atom is -0.478 e. The van der Waals surface area contributed by atoms with Crippen molar-refractivity contribution in [3.8, 4) is 0 Å². The molecule has 0 bridgehead atoms. The molecule has 0 aromatic heterocycles. The van der Waals surface area contributed by atoms with Crippen molar-refractivity contribution in [2.45, 2.75) is 57.8 Å². The van der Waals surface area contributed by atoms with Gasteiger partial charge in [-0.05, 0) is 36.6 Å². The van der Waals surface area contributed by atoms with Crippen LogP contribution in [-0.2, 0) is 0 Å². The fraction of sp³-hybridized carbons (Fsp3) is 0.611. The van der Waals surface area contributed by atoms with E-state index in [2.05, 4.69) is 5.32 Å². The number of carboxylic acid groups (broad SMARTS) is 1. The third kappa shape index (κ3) is 5.78. The van der Waals surface area contributed by atoms with Crippen LogP contribution in [0, 0.1) is 5.92 Å². The van der Waals surface area contributed by atoms with Crippen LogP contribution in [0.4, 0.5) is 5.69 Å². The SMILES string of the molecule is O=C(O)c1ccc(NCCCCC2CCCCCC2)cc1. The number of nitrogens with one attached hydrogen (secondary N) is 1. The van der Waals surface area contributed by atoms with E-state index in [0.717, 1.165) is 18.2 Å². The van der Waals surface area contributed by atoms with Crippen molar-refractivity contribution in [2.75, 3.05) is 11.9 Å². The molecule has 0 unspecified atom stereocenters. The molecule has 1 fully saturated rings. The lowest BCUT2D eigenvalue weighted by Crippen LogP contribution is -2.04. The quantitative estimate of drug-likeness (QED) is 0.552. The molecule has 0 aliphatic heterocycles. The van der Waals surface area contributed by atoms with Gasteiger partial charge in [0.15, 0.2) is 0 Å². The summed E-state index contributed by atoms with van der Waals surface area (Å²) in [6.07, 6.45) is 12.5. The van der Waals surface area contributed by atoms with Crippen LogP contribution in [0.25, 0.3) is 0 Å². The highest BCUT2D eigenvalue weighted by molar-refractivity contribution is 5.87. The van der Waals surface area contributed by atoms with Gasteiger partial charge in [-0.1, -0.05) is 51.4 Å². The largest absolute Gasteiger partial charge is 0.478 e. The Hall–Kier alpha value is -1.51. The Labute approximate surface area is 127 Å². The first-order valence-corrected chi connectivity index (χ1v) is 8.33. The summed E-state index contributed by atoms with van der Waals surface area (Å²) >= 11 is 0. The topological polar surface area (TPSA) is 49.3 Å². The number of carboxylic acids is 1. The first-order chi connectivity index (χ1) is 10.3. The van der Waals surface area contributed by atoms with Crippen molar-refractivity contribution in [1.82, 2.24) is 0 Å². The van der Waals surface area contributed by atoms with Crippen molar-refractivity contribution < 1.29 is 9.90 Å². The number of anilines is 1. The van der Waals surface area contributed by atoms with E-state index in [1.807, 2.05) is 12.1 Å². The maximum Gasteiger partial charge on any atom is 0.335 e. The first kappa shape index (κ1) is 15.9. The number of rotatable bonds is 7. The van der Waals surface area contributed by atoms with Crippen molar-refractivity contribution in [2.24, 2.45) is 5.92 Å². The highest BCUT2D eigenvalue weighted by atomic mass is 16.4. The summed E-state index contributed by atoms with van der Waals surface area (Å²) in [6.45, 7) is 0.971. The molecule has 1 aliphatic carbocycles. The Morgan fingerprint density at radius 3 is 2.33 bits per heavy atom. The predicted octanol–water partition coefficient (Wildman–Crippen LogP) is 4.94. The van der Waals surface area contributed by atoms with Gasteiger partial charge in [-0.15, -0.1) is 0 Å². The van der Waals surface area contributed by atoms with E-state index in [9.17, 15) is 4.79 Å². The zero-order chi connectivity index (χ0) is 14.9. The van der Waals surface area contributed by atoms with Crippen LogP contribution in [0.15, 0.2) is 24.3 Å². The maximum atomic E-state index is 10.8. The molecule has 1 aromatic rings. The summed E-state index contributed by atoms with van der Waals surface area (Å²) < 4.78 is 0. The third-order valence-electron chi connectivity index (χ3n) is 4.47. The van der Waals surface area contributed by atoms with Gasteiger partial charge in [0, 0.05) is 12.2 Å². The van der Waals surface area contributed by atoms with Crippen LogP contribution >= 0.6 is 0 Å². The summed E-state index contributed by atoms with van der Waals surface area (Å²) in [5.74, 6) is 0.0901. The number of unbranched alkanes of at least 4 members (excludes halogenated alkanes) is 1. The van der Waals surface area contributed by atoms with Crippen molar-refractivity contribution in [1.29, 1.82) is 0 Å². The molecule has 0 spiro atoms. The van der Waals surface area contributed by atoms with E-state index in [0.29, 0.717) is 5.56 Å². The molecule has 1 aromatic carbocycles. The Bertz CT molecular complexity index is 419. The average Bonchev–Trinajstić information content (AvgIpc) is 2.76. The fourth-order valence-corrected chi connectivity index (χ4v) is 3.17. The molecule has 0 saturated heterocycles. The molecule has 0 radical (unpaired) electrons. The van der Waals surface area contributed by atoms with Gasteiger partial charge in [0.1, 0.15) is 0 Å². The van der Waals surface area contributed by atoms with Gasteiger partial charge in [-0.2, -0.15) is 0 Å². The van der Waals surface area contributed by atoms with Gasteiger partial charge in [0.2, 0.25) is 0 Å². The summed E-state index contributed by atoms with van der Waals surface area (Å²) in [6, 6.07) is 6.98. The van der Waals surface area contributed by atoms with Gasteiger partial charge in [-0.25, -0.2) is 4.79 Å². The highest BCUT2D eigenvalue weighted by Gasteiger charge is 2.11. The third-order valence-corrected chi connectivity index (χ3v) is 4.47. The number of carbonyl (C=O) groups is 1. The summed E-state index contributed by atoms with van der Waals surface area (Å²) in [5.41, 5.74) is 1.35. The predicted molar refractivity (Wildman–Crippen MR) is 86.9 cm³/mol. The van der Waals surface area contributed by atoms with Crippen LogP contribution < -0.4 is 5.32 Å². The maximum absolute atomic E-state index is 10.8. The molecule has 0 amide bonds. The molecule has 3 nitrogen and oxygen atoms in total. The van der Waals surface area contributed by atoms with E-state index < -0.39 is 5.97 Å². The van der Waals surface area contributed by atoms with Crippen LogP contribution in [0.1, 0.15) is 68.1 Å². The lowest BCUT2D eigenvalue weighted by molar-refractivity contribution is 0.0697. The van der Waals surface area contributed by atoms with Crippen molar-refractivity contribution in [3.63, 3.8) is 0 Å². The van der Waals surface area contributed by atoms with Gasteiger partial charge < -0.3 is 10.4 Å². The van der Waals surface area contributed by atoms with E-state index in [1.54, 1.807) is 12.1 Å². The van der Waals surface area contributed by atoms with E-state index in [1.165, 1.54) is 57.8 Å². The van der Waals surface area contributed by atoms with Crippen molar-refractivity contribution in [3.05, 3.63) is 29.8 Å². The lowest BCUT2D eigenvalue weighted by atomic mass is 9.94. The molecular weight excluding hydrogens is 262 g/mol. The van der Waals surface area contributed by atoms with Gasteiger partial charge in [-0.3, -0.25) is 0 Å². The minimum atomic E-state index is -0.870. The Morgan fingerprint density at radius 2 is 1.71 bits per heavy atom. The Morgan fingerprint density at radius 1 is 1.05 bits per heavy atom. The van der Waals surface area contributed by atoms with Crippen LogP contribution in [0.3, 0.4) is 0 Å². The van der Waals surface area contributed by atoms with Gasteiger partial charge in [0.05, 0.1) is 5.56 Å². The smallest absolute Gasteiger partial charge is 0.335 e. The lowest BCUT2D eigenvalue weighted by Gasteiger charge is -2.13. The van der Waals surface area contributed by atoms with Gasteiger partial charge >= 0.3 is 5.97 Å². The zero-order valence-corrected chi connectivity index (χ0v) is 12.8. The van der Waals surface area contributed by atoms with Crippen LogP contribution in [0.5, 0.6) is 0 Å². The number of benzene rings is 1. The molecule has 0 heterocycles. The monoisotopic (exact) mass is 289 g/mol. The fourth-order valence-electron chi connectivity index (χ4n) is 3.17. The Kier molecular flexibility index (Phi) is 6.58. The van der Waals surface area contributed by atoms with E-state index in [-0.39, 0.29) is 0 Å². The van der Waals surface area contributed by atoms with Crippen LogP contribution in [0.2, 0.25) is 0 Å². The summed E-state index contributed by atoms with van der Waals surface area (Å²) in [4.78, 5) is 10.8. The Balaban J connectivity index is 1.59. The molecule has 2 rings (SSSR count). The number of aromatic carboxylic acids is 1. The zero-order valence-electron chi connectivity index (χ0n) is 12.8. The van der Waals surface area contributed by atoms with E-state index in [4.69, 9.17) is 5.11 Å². The molecule has 21 heavy (non-hydrogen) atoms. The normalized spacial score (nSPS) is 16.4. The summed E-state index contributed by atoms with van der Waals surface area (Å²) in [7, 11) is 0. The van der Waals surface area contributed by atoms with Gasteiger partial charge in [0.25, 0.3) is 0 Å². The first-order valence-electron chi connectivity index (χ1n) is 8.33.